The van der Waals surface area contributed by atoms with Gasteiger partial charge in [0, 0.05) is 6.04 Å². The zero-order chi connectivity index (χ0) is 16.7. The second-order valence-corrected chi connectivity index (χ2v) is 6.14. The number of hydrogen-bond acceptors (Lipinski definition) is 2. The highest BCUT2D eigenvalue weighted by Gasteiger charge is 2.48. The predicted octanol–water partition coefficient (Wildman–Crippen LogP) is 2.96. The van der Waals surface area contributed by atoms with Gasteiger partial charge in [0.2, 0.25) is 0 Å². The third-order valence-electron chi connectivity index (χ3n) is 4.87. The lowest BCUT2D eigenvalue weighted by Gasteiger charge is -2.33. The largest absolute Gasteiger partial charge is 0.480 e. The number of halogens is 3. The van der Waals surface area contributed by atoms with Crippen LogP contribution in [0.15, 0.2) is 12.1 Å². The van der Waals surface area contributed by atoms with Crippen molar-refractivity contribution >= 4 is 11.9 Å². The van der Waals surface area contributed by atoms with E-state index in [-0.39, 0.29) is 12.0 Å². The van der Waals surface area contributed by atoms with E-state index in [1.807, 2.05) is 0 Å². The maximum absolute atomic E-state index is 13.9. The monoisotopic (exact) mass is 327 g/mol. The first kappa shape index (κ1) is 15.8. The molecule has 124 valence electrons. The Labute approximate surface area is 130 Å². The molecule has 7 heteroatoms. The van der Waals surface area contributed by atoms with Crippen LogP contribution in [0.4, 0.5) is 13.2 Å². The fraction of sp³-hybridized carbons (Fsp3) is 0.500. The summed E-state index contributed by atoms with van der Waals surface area (Å²) in [4.78, 5) is 25.3. The van der Waals surface area contributed by atoms with E-state index in [1.54, 1.807) is 0 Å². The molecule has 3 rings (SSSR count). The highest BCUT2D eigenvalue weighted by molar-refractivity contribution is 5.97. The van der Waals surface area contributed by atoms with E-state index >= 15 is 0 Å². The Morgan fingerprint density at radius 3 is 2.48 bits per heavy atom. The van der Waals surface area contributed by atoms with Gasteiger partial charge in [0.25, 0.3) is 5.91 Å². The summed E-state index contributed by atoms with van der Waals surface area (Å²) in [7, 11) is 0. The second kappa shape index (κ2) is 5.86. The number of carboxylic acid groups (broad SMARTS) is 1. The number of fused-ring (bicyclic) bond motifs is 1. The molecule has 2 fully saturated rings. The van der Waals surface area contributed by atoms with Crippen LogP contribution in [0.5, 0.6) is 0 Å². The number of aliphatic carboxylic acids is 1. The van der Waals surface area contributed by atoms with Crippen LogP contribution < -0.4 is 0 Å². The standard InChI is InChI=1S/C16H16F3NO3/c17-10-6-5-9(13(18)14(10)19)15(21)20-11-4-2-1-3-8(11)7-12(20)16(22)23/h5-6,8,11-12H,1-4,7H2,(H,22,23). The van der Waals surface area contributed by atoms with Crippen molar-refractivity contribution in [2.24, 2.45) is 5.92 Å². The number of likely N-dealkylation sites (tertiary alicyclic amines) is 1. The molecule has 0 spiro atoms. The summed E-state index contributed by atoms with van der Waals surface area (Å²) in [5.74, 6) is -6.66. The van der Waals surface area contributed by atoms with Crippen molar-refractivity contribution in [3.63, 3.8) is 0 Å². The Hall–Kier alpha value is -2.05. The van der Waals surface area contributed by atoms with Gasteiger partial charge in [-0.15, -0.1) is 0 Å². The van der Waals surface area contributed by atoms with Crippen molar-refractivity contribution in [1.29, 1.82) is 0 Å². The molecule has 4 nitrogen and oxygen atoms in total. The summed E-state index contributed by atoms with van der Waals surface area (Å²) in [5.41, 5.74) is -0.624. The quantitative estimate of drug-likeness (QED) is 0.850. The molecule has 1 amide bonds. The van der Waals surface area contributed by atoms with Gasteiger partial charge < -0.3 is 10.0 Å². The molecule has 1 saturated carbocycles. The van der Waals surface area contributed by atoms with Crippen LogP contribution >= 0.6 is 0 Å². The van der Waals surface area contributed by atoms with E-state index in [9.17, 15) is 27.9 Å². The van der Waals surface area contributed by atoms with E-state index in [0.717, 1.165) is 30.2 Å². The van der Waals surface area contributed by atoms with Crippen LogP contribution in [0.3, 0.4) is 0 Å². The molecule has 1 aromatic carbocycles. The van der Waals surface area contributed by atoms with Crippen LogP contribution in [-0.4, -0.2) is 34.0 Å². The number of carbonyl (C=O) groups excluding carboxylic acids is 1. The maximum atomic E-state index is 13.9. The van der Waals surface area contributed by atoms with Gasteiger partial charge >= 0.3 is 5.97 Å². The Morgan fingerprint density at radius 1 is 1.09 bits per heavy atom. The minimum absolute atomic E-state index is 0.0576. The van der Waals surface area contributed by atoms with Crippen LogP contribution in [-0.2, 0) is 4.79 Å². The lowest BCUT2D eigenvalue weighted by atomic mass is 9.84. The SMILES string of the molecule is O=C(O)C1CC2CCCCC2N1C(=O)c1ccc(F)c(F)c1F. The number of nitrogens with zero attached hydrogens (tertiary/aromatic N) is 1. The summed E-state index contributed by atoms with van der Waals surface area (Å²) >= 11 is 0. The predicted molar refractivity (Wildman–Crippen MR) is 74.3 cm³/mol. The van der Waals surface area contributed by atoms with E-state index in [1.165, 1.54) is 0 Å². The van der Waals surface area contributed by atoms with Gasteiger partial charge in [0.15, 0.2) is 17.5 Å². The van der Waals surface area contributed by atoms with Crippen molar-refractivity contribution in [2.45, 2.75) is 44.2 Å². The first-order valence-electron chi connectivity index (χ1n) is 7.60. The smallest absolute Gasteiger partial charge is 0.326 e. The third kappa shape index (κ3) is 2.58. The van der Waals surface area contributed by atoms with Crippen molar-refractivity contribution in [3.8, 4) is 0 Å². The summed E-state index contributed by atoms with van der Waals surface area (Å²) in [6.45, 7) is 0. The summed E-state index contributed by atoms with van der Waals surface area (Å²) in [6, 6.07) is 0.203. The average molecular weight is 327 g/mol. The molecule has 1 aliphatic carbocycles. The topological polar surface area (TPSA) is 57.6 Å². The second-order valence-electron chi connectivity index (χ2n) is 6.14. The van der Waals surface area contributed by atoms with Gasteiger partial charge in [0.05, 0.1) is 5.56 Å². The first-order valence-corrected chi connectivity index (χ1v) is 7.60. The number of hydrogen-bond donors (Lipinski definition) is 1. The molecule has 3 unspecified atom stereocenters. The van der Waals surface area contributed by atoms with Crippen molar-refractivity contribution in [1.82, 2.24) is 4.90 Å². The number of amides is 1. The van der Waals surface area contributed by atoms with E-state index in [0.29, 0.717) is 18.9 Å². The number of carbonyl (C=O) groups is 2. The molecule has 1 saturated heterocycles. The molecule has 1 aromatic rings. The molecule has 1 N–H and O–H groups in total. The molecule has 1 heterocycles. The van der Waals surface area contributed by atoms with Gasteiger partial charge in [-0.2, -0.15) is 0 Å². The van der Waals surface area contributed by atoms with E-state index < -0.39 is 40.9 Å². The van der Waals surface area contributed by atoms with Gasteiger partial charge in [0.1, 0.15) is 6.04 Å². The van der Waals surface area contributed by atoms with Gasteiger partial charge in [-0.3, -0.25) is 4.79 Å². The Balaban J connectivity index is 1.99. The first-order chi connectivity index (χ1) is 10.9. The number of rotatable bonds is 2. The Morgan fingerprint density at radius 2 is 1.78 bits per heavy atom. The number of benzene rings is 1. The van der Waals surface area contributed by atoms with Crippen LogP contribution in [0.25, 0.3) is 0 Å². The van der Waals surface area contributed by atoms with E-state index in [4.69, 9.17) is 0 Å². The summed E-state index contributed by atoms with van der Waals surface area (Å²) < 4.78 is 40.3. The lowest BCUT2D eigenvalue weighted by Crippen LogP contribution is -2.46. The zero-order valence-corrected chi connectivity index (χ0v) is 12.3. The molecule has 1 aliphatic heterocycles. The molecule has 23 heavy (non-hydrogen) atoms. The average Bonchev–Trinajstić information content (AvgIpc) is 2.92. The molecule has 3 atom stereocenters. The highest BCUT2D eigenvalue weighted by atomic mass is 19.2. The zero-order valence-electron chi connectivity index (χ0n) is 12.3. The van der Waals surface area contributed by atoms with Gasteiger partial charge in [-0.25, -0.2) is 18.0 Å². The summed E-state index contributed by atoms with van der Waals surface area (Å²) in [5, 5.41) is 9.37. The minimum atomic E-state index is -1.72. The molecule has 0 aromatic heterocycles. The summed E-state index contributed by atoms with van der Waals surface area (Å²) in [6.07, 6.45) is 3.60. The van der Waals surface area contributed by atoms with Crippen molar-refractivity contribution in [2.75, 3.05) is 0 Å². The van der Waals surface area contributed by atoms with Crippen LogP contribution in [0.1, 0.15) is 42.5 Å². The molecule has 0 radical (unpaired) electrons. The minimum Gasteiger partial charge on any atom is -0.480 e. The van der Waals surface area contributed by atoms with Crippen LogP contribution in [0, 0.1) is 23.4 Å². The number of carboxylic acids is 1. The molecule has 2 aliphatic rings. The van der Waals surface area contributed by atoms with Gasteiger partial charge in [-0.1, -0.05) is 12.8 Å². The third-order valence-corrected chi connectivity index (χ3v) is 4.87. The van der Waals surface area contributed by atoms with Gasteiger partial charge in [-0.05, 0) is 37.3 Å². The highest BCUT2D eigenvalue weighted by Crippen LogP contribution is 2.40. The Bertz CT molecular complexity index is 664. The molecule has 0 bridgehead atoms. The normalized spacial score (nSPS) is 26.9. The molecular formula is C16H16F3NO3. The van der Waals surface area contributed by atoms with Crippen molar-refractivity contribution in [3.05, 3.63) is 35.1 Å². The Kier molecular flexibility index (Phi) is 4.04. The molecular weight excluding hydrogens is 311 g/mol. The fourth-order valence-corrected chi connectivity index (χ4v) is 3.80. The lowest BCUT2D eigenvalue weighted by molar-refractivity contribution is -0.141. The van der Waals surface area contributed by atoms with Crippen molar-refractivity contribution < 1.29 is 27.9 Å². The van der Waals surface area contributed by atoms with Crippen LogP contribution in [0.2, 0.25) is 0 Å². The maximum Gasteiger partial charge on any atom is 0.326 e. The fourth-order valence-electron chi connectivity index (χ4n) is 3.80. The van der Waals surface area contributed by atoms with E-state index in [2.05, 4.69) is 0 Å².